The van der Waals surface area contributed by atoms with Crippen molar-refractivity contribution in [2.75, 3.05) is 13.7 Å². The van der Waals surface area contributed by atoms with Gasteiger partial charge in [-0.2, -0.15) is 0 Å². The quantitative estimate of drug-likeness (QED) is 0.778. The average molecular weight is 240 g/mol. The van der Waals surface area contributed by atoms with Crippen molar-refractivity contribution in [2.24, 2.45) is 0 Å². The molecule has 1 unspecified atom stereocenters. The molecule has 0 aliphatic carbocycles. The van der Waals surface area contributed by atoms with Crippen LogP contribution in [-0.2, 0) is 11.2 Å². The zero-order chi connectivity index (χ0) is 12.8. The topological polar surface area (TPSA) is 76.0 Å². The van der Waals surface area contributed by atoms with Gasteiger partial charge in [-0.25, -0.2) is 4.79 Å². The molecule has 1 atom stereocenters. The lowest BCUT2D eigenvalue weighted by molar-refractivity contribution is -0.146. The Morgan fingerprint density at radius 1 is 1.41 bits per heavy atom. The van der Waals surface area contributed by atoms with Gasteiger partial charge in [0.2, 0.25) is 0 Å². The molecule has 94 valence electrons. The normalized spacial score (nSPS) is 11.9. The van der Waals surface area contributed by atoms with E-state index < -0.39 is 12.1 Å². The Hall–Kier alpha value is -1.75. The lowest BCUT2D eigenvalue weighted by Gasteiger charge is -2.12. The van der Waals surface area contributed by atoms with E-state index in [4.69, 9.17) is 14.6 Å². The SMILES string of the molecule is CCOc1cc(CC(O)C(=O)O)ccc1OC. The van der Waals surface area contributed by atoms with Gasteiger partial charge in [0, 0.05) is 6.42 Å². The molecule has 0 saturated carbocycles. The van der Waals surface area contributed by atoms with Crippen LogP contribution in [0.4, 0.5) is 0 Å². The minimum absolute atomic E-state index is 0.0411. The first-order valence-electron chi connectivity index (χ1n) is 5.29. The number of rotatable bonds is 6. The highest BCUT2D eigenvalue weighted by atomic mass is 16.5. The smallest absolute Gasteiger partial charge is 0.332 e. The van der Waals surface area contributed by atoms with Crippen molar-refractivity contribution in [1.29, 1.82) is 0 Å². The maximum absolute atomic E-state index is 10.5. The second kappa shape index (κ2) is 6.10. The van der Waals surface area contributed by atoms with Crippen LogP contribution in [0, 0.1) is 0 Å². The Kier molecular flexibility index (Phi) is 4.78. The summed E-state index contributed by atoms with van der Waals surface area (Å²) in [4.78, 5) is 10.5. The molecule has 0 fully saturated rings. The van der Waals surface area contributed by atoms with Gasteiger partial charge in [-0.1, -0.05) is 6.07 Å². The van der Waals surface area contributed by atoms with E-state index in [0.29, 0.717) is 23.7 Å². The maximum atomic E-state index is 10.5. The Morgan fingerprint density at radius 3 is 2.65 bits per heavy atom. The van der Waals surface area contributed by atoms with E-state index in [1.54, 1.807) is 18.2 Å². The highest BCUT2D eigenvalue weighted by molar-refractivity contribution is 5.72. The van der Waals surface area contributed by atoms with Crippen molar-refractivity contribution in [2.45, 2.75) is 19.4 Å². The monoisotopic (exact) mass is 240 g/mol. The first-order chi connectivity index (χ1) is 8.08. The fraction of sp³-hybridized carbons (Fsp3) is 0.417. The summed E-state index contributed by atoms with van der Waals surface area (Å²) in [5.74, 6) is -0.107. The number of carbonyl (C=O) groups is 1. The summed E-state index contributed by atoms with van der Waals surface area (Å²) in [7, 11) is 1.53. The van der Waals surface area contributed by atoms with Crippen LogP contribution in [0.3, 0.4) is 0 Å². The zero-order valence-electron chi connectivity index (χ0n) is 9.84. The molecule has 1 rings (SSSR count). The maximum Gasteiger partial charge on any atom is 0.332 e. The van der Waals surface area contributed by atoms with Crippen LogP contribution in [0.5, 0.6) is 11.5 Å². The molecule has 0 bridgehead atoms. The fourth-order valence-corrected chi connectivity index (χ4v) is 1.43. The predicted octanol–water partition coefficient (Wildman–Crippen LogP) is 1.08. The van der Waals surface area contributed by atoms with Crippen LogP contribution in [0.25, 0.3) is 0 Å². The molecule has 5 nitrogen and oxygen atoms in total. The van der Waals surface area contributed by atoms with Crippen molar-refractivity contribution >= 4 is 5.97 Å². The number of carboxylic acids is 1. The summed E-state index contributed by atoms with van der Waals surface area (Å²) in [6.07, 6.45) is -1.36. The van der Waals surface area contributed by atoms with Crippen molar-refractivity contribution in [3.05, 3.63) is 23.8 Å². The van der Waals surface area contributed by atoms with Gasteiger partial charge in [0.15, 0.2) is 17.6 Å². The molecular formula is C12H16O5. The highest BCUT2D eigenvalue weighted by Crippen LogP contribution is 2.28. The summed E-state index contributed by atoms with van der Waals surface area (Å²) in [5.41, 5.74) is 0.684. The van der Waals surface area contributed by atoms with E-state index >= 15 is 0 Å². The molecule has 1 aromatic rings. The molecule has 0 radical (unpaired) electrons. The van der Waals surface area contributed by atoms with Gasteiger partial charge >= 0.3 is 5.97 Å². The van der Waals surface area contributed by atoms with Gasteiger partial charge in [0.05, 0.1) is 13.7 Å². The van der Waals surface area contributed by atoms with E-state index in [0.717, 1.165) is 0 Å². The van der Waals surface area contributed by atoms with E-state index in [1.807, 2.05) is 6.92 Å². The Morgan fingerprint density at radius 2 is 2.12 bits per heavy atom. The molecule has 0 spiro atoms. The van der Waals surface area contributed by atoms with Gasteiger partial charge in [0.25, 0.3) is 0 Å². The van der Waals surface area contributed by atoms with Crippen molar-refractivity contribution in [1.82, 2.24) is 0 Å². The minimum Gasteiger partial charge on any atom is -0.493 e. The van der Waals surface area contributed by atoms with Crippen molar-refractivity contribution in [3.8, 4) is 11.5 Å². The van der Waals surface area contributed by atoms with Crippen LogP contribution in [0.2, 0.25) is 0 Å². The zero-order valence-corrected chi connectivity index (χ0v) is 9.84. The standard InChI is InChI=1S/C12H16O5/c1-3-17-11-7-8(4-5-10(11)16-2)6-9(13)12(14)15/h4-5,7,9,13H,3,6H2,1-2H3,(H,14,15). The molecule has 0 aliphatic heterocycles. The first kappa shape index (κ1) is 13.3. The Labute approximate surface area is 99.6 Å². The Bertz CT molecular complexity index is 388. The van der Waals surface area contributed by atoms with Gasteiger partial charge in [-0.15, -0.1) is 0 Å². The number of ether oxygens (including phenoxy) is 2. The third-order valence-corrected chi connectivity index (χ3v) is 2.24. The second-order valence-corrected chi connectivity index (χ2v) is 3.48. The van der Waals surface area contributed by atoms with Crippen LogP contribution < -0.4 is 9.47 Å². The molecule has 0 heterocycles. The van der Waals surface area contributed by atoms with Crippen LogP contribution in [-0.4, -0.2) is 36.0 Å². The summed E-state index contributed by atoms with van der Waals surface area (Å²) in [5, 5.41) is 17.9. The number of methoxy groups -OCH3 is 1. The fourth-order valence-electron chi connectivity index (χ4n) is 1.43. The van der Waals surface area contributed by atoms with Gasteiger partial charge in [-0.05, 0) is 24.6 Å². The number of aliphatic hydroxyl groups is 1. The van der Waals surface area contributed by atoms with Gasteiger partial charge in [-0.3, -0.25) is 0 Å². The molecule has 5 heteroatoms. The van der Waals surface area contributed by atoms with E-state index in [1.165, 1.54) is 7.11 Å². The number of hydrogen-bond donors (Lipinski definition) is 2. The number of hydrogen-bond acceptors (Lipinski definition) is 4. The van der Waals surface area contributed by atoms with Gasteiger partial charge < -0.3 is 19.7 Å². The van der Waals surface area contributed by atoms with Gasteiger partial charge in [0.1, 0.15) is 0 Å². The van der Waals surface area contributed by atoms with Crippen molar-refractivity contribution in [3.63, 3.8) is 0 Å². The largest absolute Gasteiger partial charge is 0.493 e. The van der Waals surface area contributed by atoms with Crippen LogP contribution in [0.1, 0.15) is 12.5 Å². The summed E-state index contributed by atoms with van der Waals surface area (Å²) in [6.45, 7) is 2.33. The average Bonchev–Trinajstić information content (AvgIpc) is 2.29. The molecule has 0 aliphatic rings. The minimum atomic E-state index is -1.40. The van der Waals surface area contributed by atoms with Crippen LogP contribution in [0.15, 0.2) is 18.2 Å². The van der Waals surface area contributed by atoms with E-state index in [2.05, 4.69) is 0 Å². The number of aliphatic hydroxyl groups excluding tert-OH is 1. The lowest BCUT2D eigenvalue weighted by Crippen LogP contribution is -2.21. The summed E-state index contributed by atoms with van der Waals surface area (Å²) >= 11 is 0. The third kappa shape index (κ3) is 3.64. The molecule has 0 amide bonds. The summed E-state index contributed by atoms with van der Waals surface area (Å²) < 4.78 is 10.5. The molecular weight excluding hydrogens is 224 g/mol. The van der Waals surface area contributed by atoms with Crippen LogP contribution >= 0.6 is 0 Å². The molecule has 0 aromatic heterocycles. The van der Waals surface area contributed by atoms with E-state index in [-0.39, 0.29) is 6.42 Å². The van der Waals surface area contributed by atoms with E-state index in [9.17, 15) is 9.90 Å². The third-order valence-electron chi connectivity index (χ3n) is 2.24. The molecule has 0 saturated heterocycles. The summed E-state index contributed by atoms with van der Waals surface area (Å²) in [6, 6.07) is 5.07. The Balaban J connectivity index is 2.87. The number of aliphatic carboxylic acids is 1. The second-order valence-electron chi connectivity index (χ2n) is 3.48. The number of benzene rings is 1. The van der Waals surface area contributed by atoms with Crippen molar-refractivity contribution < 1.29 is 24.5 Å². The lowest BCUT2D eigenvalue weighted by atomic mass is 10.1. The molecule has 2 N–H and O–H groups in total. The molecule has 1 aromatic carbocycles. The predicted molar refractivity (Wildman–Crippen MR) is 61.5 cm³/mol. The first-order valence-corrected chi connectivity index (χ1v) is 5.29. The highest BCUT2D eigenvalue weighted by Gasteiger charge is 2.15. The molecule has 17 heavy (non-hydrogen) atoms. The number of carboxylic acid groups (broad SMARTS) is 1.